The van der Waals surface area contributed by atoms with Gasteiger partial charge in [-0.25, -0.2) is 4.79 Å². The molecule has 0 fully saturated rings. The number of esters is 1. The number of ether oxygens (including phenoxy) is 1. The highest BCUT2D eigenvalue weighted by Crippen LogP contribution is 2.14. The van der Waals surface area contributed by atoms with E-state index in [1.54, 1.807) is 12.1 Å². The highest BCUT2D eigenvalue weighted by atomic mass is 127. The molecule has 0 heterocycles. The average molecular weight is 367 g/mol. The van der Waals surface area contributed by atoms with Gasteiger partial charge in [-0.2, -0.15) is 0 Å². The van der Waals surface area contributed by atoms with Gasteiger partial charge in [0.05, 0.1) is 12.7 Å². The van der Waals surface area contributed by atoms with E-state index >= 15 is 0 Å². The Hall–Kier alpha value is -1.56. The first-order valence-corrected chi connectivity index (χ1v) is 6.93. The molecule has 0 aromatic heterocycles. The highest BCUT2D eigenvalue weighted by Gasteiger charge is 2.04. The second kappa shape index (κ2) is 6.56. The quantitative estimate of drug-likeness (QED) is 0.662. The zero-order valence-corrected chi connectivity index (χ0v) is 12.7. The first kappa shape index (κ1) is 13.9. The predicted molar refractivity (Wildman–Crippen MR) is 84.3 cm³/mol. The van der Waals surface area contributed by atoms with Gasteiger partial charge in [0.1, 0.15) is 0 Å². The summed E-state index contributed by atoms with van der Waals surface area (Å²) in [6.45, 7) is 0.724. The zero-order valence-electron chi connectivity index (χ0n) is 10.5. The minimum absolute atomic E-state index is 0.308. The molecule has 1 N–H and O–H groups in total. The Morgan fingerprint density at radius 1 is 1.21 bits per heavy atom. The Bertz CT molecular complexity index is 567. The number of rotatable bonds is 4. The van der Waals surface area contributed by atoms with Crippen LogP contribution in [0.15, 0.2) is 48.5 Å². The van der Waals surface area contributed by atoms with Crippen molar-refractivity contribution < 1.29 is 9.53 Å². The third kappa shape index (κ3) is 3.96. The molecule has 3 nitrogen and oxygen atoms in total. The molecular formula is C15H14INO2. The molecule has 0 aliphatic heterocycles. The second-order valence-electron chi connectivity index (χ2n) is 4.05. The van der Waals surface area contributed by atoms with Gasteiger partial charge in [-0.1, -0.05) is 18.2 Å². The zero-order chi connectivity index (χ0) is 13.7. The van der Waals surface area contributed by atoms with Crippen molar-refractivity contribution in [3.05, 3.63) is 63.2 Å². The van der Waals surface area contributed by atoms with Gasteiger partial charge in [-0.15, -0.1) is 0 Å². The summed E-state index contributed by atoms with van der Waals surface area (Å²) in [5, 5.41) is 3.34. The lowest BCUT2D eigenvalue weighted by atomic mass is 10.1. The summed E-state index contributed by atoms with van der Waals surface area (Å²) in [6, 6.07) is 15.6. The third-order valence-corrected chi connectivity index (χ3v) is 3.37. The van der Waals surface area contributed by atoms with Crippen molar-refractivity contribution in [3.63, 3.8) is 0 Å². The van der Waals surface area contributed by atoms with Crippen LogP contribution in [0.4, 0.5) is 5.69 Å². The fraction of sp³-hybridized carbons (Fsp3) is 0.133. The van der Waals surface area contributed by atoms with Crippen LogP contribution in [0, 0.1) is 3.57 Å². The lowest BCUT2D eigenvalue weighted by molar-refractivity contribution is 0.0600. The van der Waals surface area contributed by atoms with E-state index in [1.807, 2.05) is 24.3 Å². The van der Waals surface area contributed by atoms with Gasteiger partial charge in [0.25, 0.3) is 0 Å². The molecular weight excluding hydrogens is 353 g/mol. The van der Waals surface area contributed by atoms with Crippen LogP contribution in [0.3, 0.4) is 0 Å². The maximum Gasteiger partial charge on any atom is 0.337 e. The van der Waals surface area contributed by atoms with Gasteiger partial charge in [0.2, 0.25) is 0 Å². The lowest BCUT2D eigenvalue weighted by Gasteiger charge is -2.07. The Morgan fingerprint density at radius 3 is 2.58 bits per heavy atom. The molecule has 0 saturated heterocycles. The first-order valence-electron chi connectivity index (χ1n) is 5.86. The summed E-state index contributed by atoms with van der Waals surface area (Å²) in [5.74, 6) is -0.308. The molecule has 0 aliphatic carbocycles. The van der Waals surface area contributed by atoms with E-state index in [0.29, 0.717) is 5.56 Å². The van der Waals surface area contributed by atoms with Gasteiger partial charge in [-0.05, 0) is 58.5 Å². The van der Waals surface area contributed by atoms with Crippen molar-refractivity contribution >= 4 is 34.2 Å². The SMILES string of the molecule is COC(=O)c1ccc(CNc2cccc(I)c2)cc1. The number of carbonyl (C=O) groups excluding carboxylic acids is 1. The van der Waals surface area contributed by atoms with Crippen molar-refractivity contribution in [1.82, 2.24) is 0 Å². The molecule has 0 saturated carbocycles. The number of hydrogen-bond acceptors (Lipinski definition) is 3. The molecule has 19 heavy (non-hydrogen) atoms. The molecule has 0 amide bonds. The van der Waals surface area contributed by atoms with Gasteiger partial charge in [0, 0.05) is 15.8 Å². The topological polar surface area (TPSA) is 38.3 Å². The van der Waals surface area contributed by atoms with Crippen LogP contribution in [0.1, 0.15) is 15.9 Å². The smallest absolute Gasteiger partial charge is 0.337 e. The van der Waals surface area contributed by atoms with E-state index in [-0.39, 0.29) is 5.97 Å². The Morgan fingerprint density at radius 2 is 1.95 bits per heavy atom. The molecule has 98 valence electrons. The van der Waals surface area contributed by atoms with E-state index in [1.165, 1.54) is 10.7 Å². The molecule has 2 rings (SSSR count). The van der Waals surface area contributed by atoms with Crippen molar-refractivity contribution in [1.29, 1.82) is 0 Å². The van der Waals surface area contributed by atoms with E-state index in [4.69, 9.17) is 0 Å². The first-order chi connectivity index (χ1) is 9.19. The summed E-state index contributed by atoms with van der Waals surface area (Å²) >= 11 is 2.28. The summed E-state index contributed by atoms with van der Waals surface area (Å²) < 4.78 is 5.86. The molecule has 0 aliphatic rings. The summed E-state index contributed by atoms with van der Waals surface area (Å²) in [6.07, 6.45) is 0. The Labute approximate surface area is 126 Å². The number of anilines is 1. The van der Waals surface area contributed by atoms with Crippen molar-refractivity contribution in [2.24, 2.45) is 0 Å². The van der Waals surface area contributed by atoms with Crippen molar-refractivity contribution in [3.8, 4) is 0 Å². The number of benzene rings is 2. The predicted octanol–water partition coefficient (Wildman–Crippen LogP) is 3.69. The summed E-state index contributed by atoms with van der Waals surface area (Å²) in [4.78, 5) is 11.3. The number of carbonyl (C=O) groups is 1. The third-order valence-electron chi connectivity index (χ3n) is 2.70. The fourth-order valence-electron chi connectivity index (χ4n) is 1.68. The molecule has 0 radical (unpaired) electrons. The summed E-state index contributed by atoms with van der Waals surface area (Å²) in [5.41, 5.74) is 2.77. The minimum Gasteiger partial charge on any atom is -0.465 e. The second-order valence-corrected chi connectivity index (χ2v) is 5.30. The van der Waals surface area contributed by atoms with Crippen LogP contribution in [-0.4, -0.2) is 13.1 Å². The molecule has 4 heteroatoms. The van der Waals surface area contributed by atoms with Crippen LogP contribution in [0.2, 0.25) is 0 Å². The van der Waals surface area contributed by atoms with E-state index in [0.717, 1.165) is 17.8 Å². The van der Waals surface area contributed by atoms with E-state index in [2.05, 4.69) is 44.8 Å². The maximum absolute atomic E-state index is 11.3. The van der Waals surface area contributed by atoms with E-state index in [9.17, 15) is 4.79 Å². The molecule has 2 aromatic carbocycles. The maximum atomic E-state index is 11.3. The van der Waals surface area contributed by atoms with Crippen LogP contribution in [-0.2, 0) is 11.3 Å². The average Bonchev–Trinajstić information content (AvgIpc) is 2.45. The molecule has 0 unspecified atom stereocenters. The normalized spacial score (nSPS) is 10.0. The summed E-state index contributed by atoms with van der Waals surface area (Å²) in [7, 11) is 1.38. The lowest BCUT2D eigenvalue weighted by Crippen LogP contribution is -2.03. The molecule has 0 spiro atoms. The van der Waals surface area contributed by atoms with Crippen LogP contribution < -0.4 is 5.32 Å². The largest absolute Gasteiger partial charge is 0.465 e. The van der Waals surface area contributed by atoms with E-state index < -0.39 is 0 Å². The Balaban J connectivity index is 1.98. The number of hydrogen-bond donors (Lipinski definition) is 1. The fourth-order valence-corrected chi connectivity index (χ4v) is 2.22. The minimum atomic E-state index is -0.308. The van der Waals surface area contributed by atoms with Crippen LogP contribution >= 0.6 is 22.6 Å². The van der Waals surface area contributed by atoms with Crippen molar-refractivity contribution in [2.45, 2.75) is 6.54 Å². The molecule has 0 bridgehead atoms. The van der Waals surface area contributed by atoms with Crippen LogP contribution in [0.25, 0.3) is 0 Å². The van der Waals surface area contributed by atoms with Crippen LogP contribution in [0.5, 0.6) is 0 Å². The standard InChI is InChI=1S/C15H14INO2/c1-19-15(18)12-7-5-11(6-8-12)10-17-14-4-2-3-13(16)9-14/h2-9,17H,10H2,1H3. The Kier molecular flexibility index (Phi) is 4.79. The van der Waals surface area contributed by atoms with Gasteiger partial charge in [0.15, 0.2) is 0 Å². The highest BCUT2D eigenvalue weighted by molar-refractivity contribution is 14.1. The van der Waals surface area contributed by atoms with Gasteiger partial charge >= 0.3 is 5.97 Å². The molecule has 2 aromatic rings. The van der Waals surface area contributed by atoms with Gasteiger partial charge in [-0.3, -0.25) is 0 Å². The number of halogens is 1. The monoisotopic (exact) mass is 367 g/mol. The molecule has 0 atom stereocenters. The van der Waals surface area contributed by atoms with Gasteiger partial charge < -0.3 is 10.1 Å². The number of nitrogens with one attached hydrogen (secondary N) is 1. The number of methoxy groups -OCH3 is 1. The van der Waals surface area contributed by atoms with Crippen molar-refractivity contribution in [2.75, 3.05) is 12.4 Å².